The fraction of sp³-hybridized carbons (Fsp3) is 0.400. The molecule has 0 heterocycles. The third-order valence-corrected chi connectivity index (χ3v) is 7.37. The second kappa shape index (κ2) is 15.1. The minimum absolute atomic E-state index is 0.229. The molecule has 0 aliphatic carbocycles. The Hall–Kier alpha value is -3.84. The molecule has 43 heavy (non-hydrogen) atoms. The smallest absolute Gasteiger partial charge is 0.408 e. The SMILES string of the molecule is CCCCN(C(=O)C(Cc1ccccc1)NC(=O)OC(C)(C)C)C(C(=O)Nc1c(C)cccc1Cl)c1ccc(C)cc1C. The lowest BCUT2D eigenvalue weighted by molar-refractivity contribution is -0.140. The number of aryl methyl sites for hydroxylation is 3. The molecule has 3 amide bonds. The van der Waals surface area contributed by atoms with Gasteiger partial charge in [0.25, 0.3) is 5.91 Å². The van der Waals surface area contributed by atoms with E-state index >= 15 is 0 Å². The second-order valence-electron chi connectivity index (χ2n) is 12.0. The Morgan fingerprint density at radius 1 is 0.930 bits per heavy atom. The van der Waals surface area contributed by atoms with E-state index in [1.54, 1.807) is 31.7 Å². The number of alkyl carbamates (subject to hydrolysis) is 1. The van der Waals surface area contributed by atoms with Crippen LogP contribution in [0.1, 0.15) is 74.4 Å². The van der Waals surface area contributed by atoms with Gasteiger partial charge in [0.2, 0.25) is 5.91 Å². The molecule has 2 atom stereocenters. The number of nitrogens with one attached hydrogen (secondary N) is 2. The maximum atomic E-state index is 14.6. The molecule has 2 N–H and O–H groups in total. The number of unbranched alkanes of at least 4 members (excludes halogenated alkanes) is 1. The van der Waals surface area contributed by atoms with Gasteiger partial charge in [0.15, 0.2) is 0 Å². The number of rotatable bonds is 11. The Kier molecular flexibility index (Phi) is 11.8. The van der Waals surface area contributed by atoms with E-state index in [-0.39, 0.29) is 18.2 Å². The topological polar surface area (TPSA) is 87.7 Å². The molecule has 0 fully saturated rings. The molecule has 0 aromatic heterocycles. The number of benzene rings is 3. The van der Waals surface area contributed by atoms with Crippen LogP contribution in [0.25, 0.3) is 0 Å². The third-order valence-electron chi connectivity index (χ3n) is 7.06. The van der Waals surface area contributed by atoms with Crippen molar-refractivity contribution in [3.8, 4) is 0 Å². The van der Waals surface area contributed by atoms with E-state index in [1.807, 2.05) is 88.4 Å². The number of hydrogen-bond acceptors (Lipinski definition) is 4. The van der Waals surface area contributed by atoms with Crippen molar-refractivity contribution in [3.05, 3.63) is 99.6 Å². The van der Waals surface area contributed by atoms with Gasteiger partial charge in [0, 0.05) is 13.0 Å². The van der Waals surface area contributed by atoms with Crippen molar-refractivity contribution in [2.45, 2.75) is 85.4 Å². The summed E-state index contributed by atoms with van der Waals surface area (Å²) < 4.78 is 5.53. The largest absolute Gasteiger partial charge is 0.444 e. The number of halogens is 1. The maximum Gasteiger partial charge on any atom is 0.408 e. The third kappa shape index (κ3) is 9.58. The molecule has 0 bridgehead atoms. The van der Waals surface area contributed by atoms with E-state index in [1.165, 1.54) is 0 Å². The van der Waals surface area contributed by atoms with Gasteiger partial charge in [-0.3, -0.25) is 9.59 Å². The average Bonchev–Trinajstić information content (AvgIpc) is 2.92. The highest BCUT2D eigenvalue weighted by Gasteiger charge is 2.37. The molecule has 230 valence electrons. The summed E-state index contributed by atoms with van der Waals surface area (Å²) in [5.41, 5.74) is 4.05. The van der Waals surface area contributed by atoms with Gasteiger partial charge in [-0.1, -0.05) is 91.2 Å². The maximum absolute atomic E-state index is 14.6. The second-order valence-corrected chi connectivity index (χ2v) is 12.4. The van der Waals surface area contributed by atoms with Crippen LogP contribution in [0.2, 0.25) is 5.02 Å². The van der Waals surface area contributed by atoms with E-state index in [0.717, 1.165) is 28.7 Å². The summed E-state index contributed by atoms with van der Waals surface area (Å²) in [5.74, 6) is -0.762. The summed E-state index contributed by atoms with van der Waals surface area (Å²) in [6.07, 6.45) is 0.997. The van der Waals surface area contributed by atoms with Crippen LogP contribution in [0.5, 0.6) is 0 Å². The summed E-state index contributed by atoms with van der Waals surface area (Å²) in [7, 11) is 0. The number of ether oxygens (including phenoxy) is 1. The van der Waals surface area contributed by atoms with E-state index in [4.69, 9.17) is 16.3 Å². The average molecular weight is 606 g/mol. The quantitative estimate of drug-likeness (QED) is 0.234. The van der Waals surface area contributed by atoms with Gasteiger partial charge in [-0.05, 0) is 76.3 Å². The zero-order chi connectivity index (χ0) is 31.7. The molecule has 0 radical (unpaired) electrons. The van der Waals surface area contributed by atoms with E-state index in [0.29, 0.717) is 29.2 Å². The van der Waals surface area contributed by atoms with Crippen molar-refractivity contribution in [1.29, 1.82) is 0 Å². The molecule has 0 spiro atoms. The Morgan fingerprint density at radius 2 is 1.63 bits per heavy atom. The van der Waals surface area contributed by atoms with Crippen LogP contribution >= 0.6 is 11.6 Å². The highest BCUT2D eigenvalue weighted by Crippen LogP contribution is 2.31. The molecule has 3 rings (SSSR count). The normalized spacial score (nSPS) is 12.7. The summed E-state index contributed by atoms with van der Waals surface area (Å²) in [6.45, 7) is 13.4. The highest BCUT2D eigenvalue weighted by molar-refractivity contribution is 6.34. The van der Waals surface area contributed by atoms with Crippen molar-refractivity contribution in [1.82, 2.24) is 10.2 Å². The van der Waals surface area contributed by atoms with Crippen molar-refractivity contribution >= 4 is 35.2 Å². The zero-order valence-electron chi connectivity index (χ0n) is 26.3. The lowest BCUT2D eigenvalue weighted by atomic mass is 9.95. The van der Waals surface area contributed by atoms with Crippen LogP contribution in [0.15, 0.2) is 66.7 Å². The van der Waals surface area contributed by atoms with Crippen LogP contribution in [0.3, 0.4) is 0 Å². The number of para-hydroxylation sites is 1. The Morgan fingerprint density at radius 3 is 2.23 bits per heavy atom. The molecule has 0 aliphatic rings. The summed E-state index contributed by atoms with van der Waals surface area (Å²) >= 11 is 6.50. The number of amides is 3. The minimum Gasteiger partial charge on any atom is -0.444 e. The molecule has 8 heteroatoms. The molecule has 0 aliphatic heterocycles. The standard InChI is InChI=1S/C35H44ClN3O4/c1-8-9-20-39(33(41)29(22-26-15-11-10-12-16-26)37-34(42)43-35(5,6)7)31(27-19-18-23(2)21-25(27)4)32(40)38-30-24(3)14-13-17-28(30)36/h10-19,21,29,31H,8-9,20,22H2,1-7H3,(H,37,42)(H,38,40). The predicted octanol–water partition coefficient (Wildman–Crippen LogP) is 7.71. The number of carbonyl (C=O) groups excluding carboxylic acids is 3. The summed E-state index contributed by atoms with van der Waals surface area (Å²) in [6, 6.07) is 18.8. The van der Waals surface area contributed by atoms with Gasteiger partial charge in [0.05, 0.1) is 10.7 Å². The Balaban J connectivity index is 2.12. The Bertz CT molecular complexity index is 1400. The molecule has 2 unspecified atom stereocenters. The summed E-state index contributed by atoms with van der Waals surface area (Å²) in [4.78, 5) is 43.4. The lowest BCUT2D eigenvalue weighted by Gasteiger charge is -2.35. The molecule has 3 aromatic rings. The van der Waals surface area contributed by atoms with E-state index < -0.39 is 23.8 Å². The first-order valence-electron chi connectivity index (χ1n) is 14.8. The van der Waals surface area contributed by atoms with E-state index in [9.17, 15) is 14.4 Å². The van der Waals surface area contributed by atoms with Crippen LogP contribution in [-0.4, -0.2) is 41.0 Å². The number of carbonyl (C=O) groups is 3. The van der Waals surface area contributed by atoms with Crippen molar-refractivity contribution < 1.29 is 19.1 Å². The van der Waals surface area contributed by atoms with Gasteiger partial charge >= 0.3 is 6.09 Å². The van der Waals surface area contributed by atoms with E-state index in [2.05, 4.69) is 10.6 Å². The fourth-order valence-electron chi connectivity index (χ4n) is 4.96. The molecule has 0 saturated carbocycles. The van der Waals surface area contributed by atoms with Crippen molar-refractivity contribution in [2.24, 2.45) is 0 Å². The van der Waals surface area contributed by atoms with Gasteiger partial charge in [0.1, 0.15) is 17.7 Å². The van der Waals surface area contributed by atoms with Gasteiger partial charge in [-0.2, -0.15) is 0 Å². The number of anilines is 1. The summed E-state index contributed by atoms with van der Waals surface area (Å²) in [5, 5.41) is 6.23. The fourth-order valence-corrected chi connectivity index (χ4v) is 5.23. The monoisotopic (exact) mass is 605 g/mol. The number of nitrogens with zero attached hydrogens (tertiary/aromatic N) is 1. The lowest BCUT2D eigenvalue weighted by Crippen LogP contribution is -2.53. The molecule has 7 nitrogen and oxygen atoms in total. The first-order chi connectivity index (χ1) is 20.3. The molecular formula is C35H44ClN3O4. The van der Waals surface area contributed by atoms with Crippen LogP contribution in [-0.2, 0) is 20.7 Å². The zero-order valence-corrected chi connectivity index (χ0v) is 27.0. The predicted molar refractivity (Wildman–Crippen MR) is 173 cm³/mol. The minimum atomic E-state index is -0.978. The highest BCUT2D eigenvalue weighted by atomic mass is 35.5. The van der Waals surface area contributed by atoms with Crippen LogP contribution in [0, 0.1) is 20.8 Å². The van der Waals surface area contributed by atoms with Gasteiger partial charge in [-0.15, -0.1) is 0 Å². The number of hydrogen-bond donors (Lipinski definition) is 2. The van der Waals surface area contributed by atoms with Gasteiger partial charge < -0.3 is 20.3 Å². The van der Waals surface area contributed by atoms with Gasteiger partial charge in [-0.25, -0.2) is 4.79 Å². The first kappa shape index (κ1) is 33.7. The van der Waals surface area contributed by atoms with Crippen LogP contribution < -0.4 is 10.6 Å². The van der Waals surface area contributed by atoms with Crippen molar-refractivity contribution in [3.63, 3.8) is 0 Å². The van der Waals surface area contributed by atoms with Crippen LogP contribution in [0.4, 0.5) is 10.5 Å². The van der Waals surface area contributed by atoms with Crippen molar-refractivity contribution in [2.75, 3.05) is 11.9 Å². The first-order valence-corrected chi connectivity index (χ1v) is 15.2. The molecule has 3 aromatic carbocycles. The molecule has 0 saturated heterocycles. The Labute approximate surface area is 261 Å². The molecular weight excluding hydrogens is 562 g/mol.